The molecule has 0 saturated heterocycles. The molecular weight excluding hydrogens is 779 g/mol. The number of halogens is 2. The number of esters is 1. The standard InChI is InChI=1S/C44H50ClFN6O5S/c1-26-38-36-15-14-34(45)40(38)39-27(2)52(18-8-16-47-43(54)57-44(3,4)5)49-35(39)25-58-24-31-23-32(50(6)48-31)12-10-28-20-29-22-30(46)11-13-33(29)37(21-28)56-19-9-17-51(36)41(26)42(53)55-7/h11,13-15,20-23H,8-10,12,16-19,24-25H2,1-7H3,(H,47,54). The number of benzene rings is 3. The van der Waals surface area contributed by atoms with E-state index in [1.807, 2.05) is 73.8 Å². The summed E-state index contributed by atoms with van der Waals surface area (Å²) in [6, 6.07) is 14.8. The van der Waals surface area contributed by atoms with Gasteiger partial charge in [0, 0.05) is 82.0 Å². The second kappa shape index (κ2) is 17.1. The maximum absolute atomic E-state index is 14.4. The Morgan fingerprint density at radius 1 is 1.03 bits per heavy atom. The summed E-state index contributed by atoms with van der Waals surface area (Å²) >= 11 is 8.91. The third-order valence-electron chi connectivity index (χ3n) is 10.5. The molecule has 58 heavy (non-hydrogen) atoms. The maximum atomic E-state index is 14.4. The fraction of sp³-hybridized carbons (Fsp3) is 0.409. The van der Waals surface area contributed by atoms with Crippen molar-refractivity contribution in [1.82, 2.24) is 29.4 Å². The van der Waals surface area contributed by atoms with Crippen LogP contribution < -0.4 is 10.1 Å². The van der Waals surface area contributed by atoms with Gasteiger partial charge in [-0.3, -0.25) is 9.36 Å². The molecule has 14 heteroatoms. The van der Waals surface area contributed by atoms with Gasteiger partial charge in [0.2, 0.25) is 0 Å². The lowest BCUT2D eigenvalue weighted by atomic mass is 9.97. The Kier molecular flexibility index (Phi) is 12.1. The molecule has 0 fully saturated rings. The summed E-state index contributed by atoms with van der Waals surface area (Å²) in [4.78, 5) is 25.9. The quantitative estimate of drug-likeness (QED) is 0.135. The first-order valence-corrected chi connectivity index (χ1v) is 21.1. The van der Waals surface area contributed by atoms with E-state index in [0.717, 1.165) is 79.5 Å². The smallest absolute Gasteiger partial charge is 0.407 e. The lowest BCUT2D eigenvalue weighted by molar-refractivity contribution is 0.0525. The summed E-state index contributed by atoms with van der Waals surface area (Å²) in [7, 11) is 3.36. The van der Waals surface area contributed by atoms with Gasteiger partial charge in [0.05, 0.1) is 25.1 Å². The number of hydrogen-bond acceptors (Lipinski definition) is 8. The van der Waals surface area contributed by atoms with E-state index in [9.17, 15) is 14.0 Å². The predicted octanol–water partition coefficient (Wildman–Crippen LogP) is 9.50. The van der Waals surface area contributed by atoms with E-state index in [1.54, 1.807) is 23.9 Å². The number of carbonyl (C=O) groups excluding carboxylic acids is 2. The zero-order valence-electron chi connectivity index (χ0n) is 34.1. The fourth-order valence-electron chi connectivity index (χ4n) is 7.87. The van der Waals surface area contributed by atoms with Crippen LogP contribution >= 0.6 is 23.4 Å². The zero-order chi connectivity index (χ0) is 41.3. The Morgan fingerprint density at radius 2 is 1.84 bits per heavy atom. The number of fused-ring (bicyclic) bond motifs is 8. The van der Waals surface area contributed by atoms with Crippen LogP contribution in [0, 0.1) is 19.7 Å². The lowest BCUT2D eigenvalue weighted by Gasteiger charge is -2.19. The van der Waals surface area contributed by atoms with Crippen molar-refractivity contribution in [1.29, 1.82) is 0 Å². The average Bonchev–Trinajstić information content (AvgIpc) is 3.78. The molecule has 1 aliphatic rings. The van der Waals surface area contributed by atoms with Gasteiger partial charge in [-0.05, 0) is 119 Å². The number of alkyl carbamates (subject to hydrolysis) is 1. The molecule has 1 amide bonds. The van der Waals surface area contributed by atoms with Gasteiger partial charge in [0.1, 0.15) is 22.9 Å². The molecule has 1 aliphatic heterocycles. The van der Waals surface area contributed by atoms with Crippen molar-refractivity contribution in [2.24, 2.45) is 7.05 Å². The lowest BCUT2D eigenvalue weighted by Crippen LogP contribution is -2.33. The molecule has 7 rings (SSSR count). The third-order valence-corrected chi connectivity index (χ3v) is 11.7. The Morgan fingerprint density at radius 3 is 2.62 bits per heavy atom. The van der Waals surface area contributed by atoms with Crippen LogP contribution in [0.3, 0.4) is 0 Å². The fourth-order valence-corrected chi connectivity index (χ4v) is 8.97. The number of rotatable bonds is 5. The molecule has 0 spiro atoms. The van der Waals surface area contributed by atoms with Crippen LogP contribution in [0.1, 0.15) is 78.0 Å². The van der Waals surface area contributed by atoms with Crippen molar-refractivity contribution in [3.8, 4) is 16.9 Å². The molecule has 0 unspecified atom stereocenters. The molecule has 8 bridgehead atoms. The van der Waals surface area contributed by atoms with E-state index in [4.69, 9.17) is 36.0 Å². The second-order valence-corrected chi connectivity index (χ2v) is 17.1. The van der Waals surface area contributed by atoms with Crippen molar-refractivity contribution in [2.45, 2.75) is 90.5 Å². The first-order chi connectivity index (χ1) is 27.7. The minimum absolute atomic E-state index is 0.298. The molecule has 4 heterocycles. The highest BCUT2D eigenvalue weighted by molar-refractivity contribution is 7.97. The van der Waals surface area contributed by atoms with Gasteiger partial charge < -0.3 is 24.1 Å². The van der Waals surface area contributed by atoms with E-state index in [0.29, 0.717) is 67.1 Å². The molecule has 0 atom stereocenters. The van der Waals surface area contributed by atoms with Gasteiger partial charge in [-0.2, -0.15) is 10.2 Å². The molecule has 0 saturated carbocycles. The Bertz CT molecular complexity index is 2520. The number of aromatic nitrogens is 5. The number of amides is 1. The number of nitrogens with zero attached hydrogens (tertiary/aromatic N) is 5. The normalized spacial score (nSPS) is 13.9. The summed E-state index contributed by atoms with van der Waals surface area (Å²) < 4.78 is 37.6. The van der Waals surface area contributed by atoms with E-state index in [-0.39, 0.29) is 5.82 Å². The van der Waals surface area contributed by atoms with Crippen molar-refractivity contribution in [3.63, 3.8) is 0 Å². The van der Waals surface area contributed by atoms with Crippen molar-refractivity contribution in [2.75, 3.05) is 20.3 Å². The van der Waals surface area contributed by atoms with E-state index in [2.05, 4.69) is 17.4 Å². The first kappa shape index (κ1) is 41.2. The predicted molar refractivity (Wildman–Crippen MR) is 227 cm³/mol. The summed E-state index contributed by atoms with van der Waals surface area (Å²) in [5.41, 5.74) is 8.09. The molecule has 0 radical (unpaired) electrons. The van der Waals surface area contributed by atoms with Gasteiger partial charge in [-0.15, -0.1) is 11.8 Å². The zero-order valence-corrected chi connectivity index (χ0v) is 35.7. The molecule has 3 aromatic carbocycles. The van der Waals surface area contributed by atoms with Gasteiger partial charge in [-0.1, -0.05) is 17.7 Å². The number of thioether (sulfide) groups is 1. The van der Waals surface area contributed by atoms with Crippen LogP contribution in [0.2, 0.25) is 5.02 Å². The third kappa shape index (κ3) is 8.70. The monoisotopic (exact) mass is 828 g/mol. The van der Waals surface area contributed by atoms with E-state index in [1.165, 1.54) is 13.2 Å². The van der Waals surface area contributed by atoms with Crippen molar-refractivity contribution >= 4 is 57.1 Å². The Balaban J connectivity index is 1.30. The minimum atomic E-state index is -0.585. The Labute approximate surface area is 347 Å². The number of nitrogens with one attached hydrogen (secondary N) is 1. The summed E-state index contributed by atoms with van der Waals surface area (Å²) in [5.74, 6) is 1.19. The SMILES string of the molecule is COC(=O)c1c(C)c2c3c(Cl)ccc2n1CCCOc1cc(cc2cc(F)ccc12)CCc1cc(nn1C)CSCc1nn(CCCNC(=O)OC(C)(C)C)c(C)c1-3. The van der Waals surface area contributed by atoms with Crippen LogP contribution in [0.5, 0.6) is 5.75 Å². The number of hydrogen-bond donors (Lipinski definition) is 1. The number of ether oxygens (including phenoxy) is 3. The minimum Gasteiger partial charge on any atom is -0.493 e. The number of aryl methyl sites for hydroxylation is 6. The second-order valence-electron chi connectivity index (χ2n) is 15.8. The summed E-state index contributed by atoms with van der Waals surface area (Å²) in [6.07, 6.45) is 2.22. The molecule has 6 aromatic rings. The molecular formula is C44H50ClFN6O5S. The van der Waals surface area contributed by atoms with Crippen LogP contribution in [-0.2, 0) is 54.0 Å². The highest BCUT2D eigenvalue weighted by Gasteiger charge is 2.28. The van der Waals surface area contributed by atoms with Gasteiger partial charge >= 0.3 is 12.1 Å². The van der Waals surface area contributed by atoms with Crippen LogP contribution in [0.15, 0.2) is 48.5 Å². The van der Waals surface area contributed by atoms with Gasteiger partial charge in [-0.25, -0.2) is 14.0 Å². The topological polar surface area (TPSA) is 114 Å². The largest absolute Gasteiger partial charge is 0.493 e. The number of methoxy groups -OCH3 is 1. The molecule has 1 N–H and O–H groups in total. The number of carbonyl (C=O) groups is 2. The summed E-state index contributed by atoms with van der Waals surface area (Å²) in [6.45, 7) is 11.3. The maximum Gasteiger partial charge on any atom is 0.407 e. The van der Waals surface area contributed by atoms with Gasteiger partial charge in [0.25, 0.3) is 0 Å². The average molecular weight is 829 g/mol. The highest BCUT2D eigenvalue weighted by atomic mass is 35.5. The van der Waals surface area contributed by atoms with Crippen LogP contribution in [-0.4, -0.2) is 62.1 Å². The summed E-state index contributed by atoms with van der Waals surface area (Å²) in [5, 5.41) is 15.9. The molecule has 0 aliphatic carbocycles. The van der Waals surface area contributed by atoms with E-state index < -0.39 is 17.7 Å². The molecule has 3 aromatic heterocycles. The van der Waals surface area contributed by atoms with Crippen molar-refractivity contribution < 1.29 is 28.2 Å². The van der Waals surface area contributed by atoms with Crippen molar-refractivity contribution in [3.05, 3.63) is 99.0 Å². The molecule has 306 valence electrons. The first-order valence-electron chi connectivity index (χ1n) is 19.6. The van der Waals surface area contributed by atoms with Crippen LogP contribution in [0.25, 0.3) is 32.8 Å². The molecule has 11 nitrogen and oxygen atoms in total. The highest BCUT2D eigenvalue weighted by Crippen LogP contribution is 2.43. The Hall–Kier alpha value is -5.01. The van der Waals surface area contributed by atoms with Gasteiger partial charge in [0.15, 0.2) is 0 Å². The van der Waals surface area contributed by atoms with E-state index >= 15 is 0 Å². The van der Waals surface area contributed by atoms with Crippen LogP contribution in [0.4, 0.5) is 9.18 Å².